The monoisotopic (exact) mass is 568 g/mol. The van der Waals surface area contributed by atoms with E-state index in [1.807, 2.05) is 0 Å². The molecule has 1 aromatic heterocycles. The van der Waals surface area contributed by atoms with Gasteiger partial charge in [0.1, 0.15) is 11.2 Å². The zero-order valence-corrected chi connectivity index (χ0v) is 24.2. The summed E-state index contributed by atoms with van der Waals surface area (Å²) in [5, 5.41) is 11.7. The van der Waals surface area contributed by atoms with E-state index >= 15 is 0 Å². The Bertz CT molecular complexity index is 2400. The average Bonchev–Trinajstić information content (AvgIpc) is 3.28. The van der Waals surface area contributed by atoms with Gasteiger partial charge in [0.05, 0.1) is 0 Å². The molecule has 0 bridgehead atoms. The molecule has 9 aromatic rings. The fraction of sp³-hybridized carbons (Fsp3) is 0. The molecule has 0 aliphatic carbocycles. The summed E-state index contributed by atoms with van der Waals surface area (Å²) in [7, 11) is -0.184. The van der Waals surface area contributed by atoms with Crippen LogP contribution in [-0.4, -0.2) is 0 Å². The van der Waals surface area contributed by atoms with Gasteiger partial charge in [0.15, 0.2) is 0 Å². The molecular weight excluding hydrogens is 543 g/mol. The van der Waals surface area contributed by atoms with E-state index in [2.05, 4.69) is 146 Å². The molecule has 0 fully saturated rings. The minimum atomic E-state index is -0.184. The fourth-order valence-electron chi connectivity index (χ4n) is 6.61. The number of hydrogen-bond donors (Lipinski definition) is 0. The number of fused-ring (bicyclic) bond motifs is 9. The van der Waals surface area contributed by atoms with Crippen molar-refractivity contribution in [2.75, 3.05) is 0 Å². The standard InChI is InChI=1S/C40H25O2P/c1-3-11-27-21-31(19-17-25(27)9-1)35-23-29-13-5-7-15-33(29)37-38-34-16-8-6-14-30(34)24-36(40(38)42-43-41-39(35)37)32-20-18-26-10-2-4-12-28(26)22-32/h1-24,43H. The van der Waals surface area contributed by atoms with E-state index in [1.165, 1.54) is 32.3 Å². The molecule has 9 rings (SSSR count). The van der Waals surface area contributed by atoms with Crippen LogP contribution in [0.5, 0.6) is 0 Å². The van der Waals surface area contributed by atoms with E-state index in [-0.39, 0.29) is 8.67 Å². The molecule has 0 saturated heterocycles. The Hall–Kier alpha value is -5.30. The van der Waals surface area contributed by atoms with Crippen molar-refractivity contribution in [1.29, 1.82) is 0 Å². The Morgan fingerprint density at radius 2 is 0.744 bits per heavy atom. The Morgan fingerprint density at radius 1 is 0.349 bits per heavy atom. The molecule has 0 unspecified atom stereocenters. The zero-order chi connectivity index (χ0) is 28.3. The maximum Gasteiger partial charge on any atom is 0.201 e. The van der Waals surface area contributed by atoms with E-state index in [0.717, 1.165) is 55.0 Å². The first-order valence-electron chi connectivity index (χ1n) is 14.5. The van der Waals surface area contributed by atoms with Crippen LogP contribution in [0.25, 0.3) is 87.3 Å². The lowest BCUT2D eigenvalue weighted by molar-refractivity contribution is 0.664. The number of hydrogen-bond acceptors (Lipinski definition) is 2. The van der Waals surface area contributed by atoms with Crippen LogP contribution in [0.4, 0.5) is 0 Å². The minimum Gasteiger partial charge on any atom is -0.420 e. The predicted octanol–water partition coefficient (Wildman–Crippen LogP) is 12.3. The molecule has 0 radical (unpaired) electrons. The molecule has 0 saturated carbocycles. The Kier molecular flexibility index (Phi) is 5.44. The SMILES string of the molecule is c1ccc2cc(-c3cc4ccccc4c4c3o[pH]oc3c(-c5ccc6ccccc6c5)cc5ccccc5c34)ccc2c1. The van der Waals surface area contributed by atoms with E-state index in [9.17, 15) is 0 Å². The van der Waals surface area contributed by atoms with Crippen molar-refractivity contribution in [3.05, 3.63) is 146 Å². The molecule has 3 heteroatoms. The summed E-state index contributed by atoms with van der Waals surface area (Å²) >= 11 is 0. The van der Waals surface area contributed by atoms with Crippen molar-refractivity contribution in [3.63, 3.8) is 0 Å². The smallest absolute Gasteiger partial charge is 0.201 e. The van der Waals surface area contributed by atoms with Crippen molar-refractivity contribution >= 4 is 73.7 Å². The van der Waals surface area contributed by atoms with Gasteiger partial charge in [0, 0.05) is 21.9 Å². The predicted molar refractivity (Wildman–Crippen MR) is 184 cm³/mol. The first-order valence-corrected chi connectivity index (χ1v) is 15.3. The van der Waals surface area contributed by atoms with Gasteiger partial charge in [0.2, 0.25) is 8.67 Å². The molecule has 202 valence electrons. The van der Waals surface area contributed by atoms with Crippen LogP contribution < -0.4 is 0 Å². The molecule has 0 N–H and O–H groups in total. The summed E-state index contributed by atoms with van der Waals surface area (Å²) in [6.45, 7) is 0. The van der Waals surface area contributed by atoms with Crippen LogP contribution in [0.1, 0.15) is 0 Å². The molecule has 2 nitrogen and oxygen atoms in total. The number of rotatable bonds is 2. The van der Waals surface area contributed by atoms with Crippen molar-refractivity contribution in [3.8, 4) is 22.3 Å². The van der Waals surface area contributed by atoms with Crippen LogP contribution in [0.3, 0.4) is 0 Å². The third-order valence-corrected chi connectivity index (χ3v) is 9.24. The molecule has 0 aliphatic heterocycles. The summed E-state index contributed by atoms with van der Waals surface area (Å²) < 4.78 is 13.3. The number of benzene rings is 8. The van der Waals surface area contributed by atoms with Crippen LogP contribution in [0.2, 0.25) is 0 Å². The lowest BCUT2D eigenvalue weighted by Gasteiger charge is -2.13. The van der Waals surface area contributed by atoms with Crippen LogP contribution >= 0.6 is 8.67 Å². The van der Waals surface area contributed by atoms with Gasteiger partial charge in [-0.25, -0.2) is 0 Å². The first-order chi connectivity index (χ1) is 21.3. The highest BCUT2D eigenvalue weighted by Gasteiger charge is 2.19. The quantitative estimate of drug-likeness (QED) is 0.207. The third-order valence-electron chi connectivity index (χ3n) is 8.66. The van der Waals surface area contributed by atoms with Gasteiger partial charge in [-0.1, -0.05) is 121 Å². The maximum atomic E-state index is 6.65. The Morgan fingerprint density at radius 3 is 1.21 bits per heavy atom. The van der Waals surface area contributed by atoms with Crippen molar-refractivity contribution in [2.45, 2.75) is 0 Å². The van der Waals surface area contributed by atoms with Gasteiger partial charge in [-0.05, 0) is 78.5 Å². The van der Waals surface area contributed by atoms with Gasteiger partial charge < -0.3 is 8.39 Å². The summed E-state index contributed by atoms with van der Waals surface area (Å²) in [5.41, 5.74) is 6.14. The molecule has 1 heterocycles. The lowest BCUT2D eigenvalue weighted by Crippen LogP contribution is -1.87. The molecule has 0 amide bonds. The summed E-state index contributed by atoms with van der Waals surface area (Å²) in [4.78, 5) is 0. The molecular formula is C40H25O2P. The highest BCUT2D eigenvalue weighted by Crippen LogP contribution is 2.45. The zero-order valence-electron chi connectivity index (χ0n) is 23.2. The second-order valence-electron chi connectivity index (χ2n) is 11.1. The van der Waals surface area contributed by atoms with Crippen LogP contribution in [-0.2, 0) is 0 Å². The van der Waals surface area contributed by atoms with Gasteiger partial charge in [-0.15, -0.1) is 0 Å². The Labute approximate surface area is 249 Å². The van der Waals surface area contributed by atoms with E-state index in [4.69, 9.17) is 8.39 Å². The topological polar surface area (TPSA) is 26.3 Å². The summed E-state index contributed by atoms with van der Waals surface area (Å²) in [5.74, 6) is 0. The average molecular weight is 569 g/mol. The summed E-state index contributed by atoms with van der Waals surface area (Å²) in [6, 6.07) is 52.1. The largest absolute Gasteiger partial charge is 0.420 e. The van der Waals surface area contributed by atoms with Gasteiger partial charge in [-0.2, -0.15) is 0 Å². The molecule has 8 aromatic carbocycles. The Balaban J connectivity index is 1.48. The van der Waals surface area contributed by atoms with Crippen molar-refractivity contribution in [2.24, 2.45) is 0 Å². The van der Waals surface area contributed by atoms with Gasteiger partial charge in [0.25, 0.3) is 0 Å². The second kappa shape index (κ2) is 9.63. The van der Waals surface area contributed by atoms with Gasteiger partial charge >= 0.3 is 0 Å². The third kappa shape index (κ3) is 3.88. The maximum absolute atomic E-state index is 6.65. The molecule has 0 atom stereocenters. The van der Waals surface area contributed by atoms with E-state index in [0.29, 0.717) is 0 Å². The first kappa shape index (κ1) is 24.3. The highest BCUT2D eigenvalue weighted by molar-refractivity contribution is 7.15. The fourth-order valence-corrected chi connectivity index (χ4v) is 7.24. The normalized spacial score (nSPS) is 11.7. The molecule has 0 spiro atoms. The minimum absolute atomic E-state index is 0.184. The molecule has 43 heavy (non-hydrogen) atoms. The van der Waals surface area contributed by atoms with Crippen LogP contribution in [0, 0.1) is 0 Å². The summed E-state index contributed by atoms with van der Waals surface area (Å²) in [6.07, 6.45) is 0. The van der Waals surface area contributed by atoms with Crippen molar-refractivity contribution < 1.29 is 8.39 Å². The van der Waals surface area contributed by atoms with Crippen molar-refractivity contribution in [1.82, 2.24) is 0 Å². The van der Waals surface area contributed by atoms with E-state index < -0.39 is 0 Å². The highest BCUT2D eigenvalue weighted by atomic mass is 31.1. The molecule has 0 aliphatic rings. The van der Waals surface area contributed by atoms with Gasteiger partial charge in [-0.3, -0.25) is 0 Å². The lowest BCUT2D eigenvalue weighted by atomic mass is 9.91. The second-order valence-corrected chi connectivity index (χ2v) is 11.7. The van der Waals surface area contributed by atoms with E-state index in [1.54, 1.807) is 0 Å². The van der Waals surface area contributed by atoms with Crippen LogP contribution in [0.15, 0.2) is 154 Å².